The fourth-order valence-electron chi connectivity index (χ4n) is 2.50. The van der Waals surface area contributed by atoms with Crippen LogP contribution in [0.3, 0.4) is 0 Å². The number of fused-ring (bicyclic) bond motifs is 1. The second-order valence-electron chi connectivity index (χ2n) is 6.20. The molecule has 0 unspecified atom stereocenters. The van der Waals surface area contributed by atoms with E-state index in [-0.39, 0.29) is 18.7 Å². The van der Waals surface area contributed by atoms with E-state index in [0.29, 0.717) is 11.7 Å². The van der Waals surface area contributed by atoms with E-state index in [1.165, 1.54) is 5.56 Å². The van der Waals surface area contributed by atoms with Crippen LogP contribution in [0.15, 0.2) is 42.5 Å². The molecule has 0 spiro atoms. The SMILES string of the molecule is CC(C)c1ccc(NC(=O)[C@H](C)Nc2ccc3c(c2)OCO3)cc1. The van der Waals surface area contributed by atoms with Crippen molar-refractivity contribution >= 4 is 17.3 Å². The lowest BCUT2D eigenvalue weighted by atomic mass is 10.0. The molecule has 1 atom stereocenters. The summed E-state index contributed by atoms with van der Waals surface area (Å²) in [6.07, 6.45) is 0. The third-order valence-corrected chi connectivity index (χ3v) is 3.99. The van der Waals surface area contributed by atoms with Gasteiger partial charge in [-0.3, -0.25) is 4.79 Å². The zero-order valence-electron chi connectivity index (χ0n) is 14.1. The van der Waals surface area contributed by atoms with E-state index in [9.17, 15) is 4.79 Å². The topological polar surface area (TPSA) is 59.6 Å². The number of anilines is 2. The summed E-state index contributed by atoms with van der Waals surface area (Å²) in [5.41, 5.74) is 2.86. The predicted molar refractivity (Wildman–Crippen MR) is 94.8 cm³/mol. The molecule has 126 valence electrons. The van der Waals surface area contributed by atoms with Gasteiger partial charge in [0.1, 0.15) is 6.04 Å². The maximum absolute atomic E-state index is 12.3. The molecule has 0 radical (unpaired) electrons. The van der Waals surface area contributed by atoms with Crippen LogP contribution in [0.1, 0.15) is 32.3 Å². The molecule has 1 amide bonds. The summed E-state index contributed by atoms with van der Waals surface area (Å²) in [7, 11) is 0. The van der Waals surface area contributed by atoms with Gasteiger partial charge < -0.3 is 20.1 Å². The Morgan fingerprint density at radius 2 is 1.62 bits per heavy atom. The number of rotatable bonds is 5. The Kier molecular flexibility index (Phi) is 4.60. The molecular formula is C19H22N2O3. The van der Waals surface area contributed by atoms with Crippen LogP contribution in [0.2, 0.25) is 0 Å². The number of benzene rings is 2. The first kappa shape index (κ1) is 16.2. The molecule has 3 rings (SSSR count). The smallest absolute Gasteiger partial charge is 0.246 e. The van der Waals surface area contributed by atoms with Crippen molar-refractivity contribution < 1.29 is 14.3 Å². The predicted octanol–water partition coefficient (Wildman–Crippen LogP) is 3.98. The van der Waals surface area contributed by atoms with Gasteiger partial charge in [-0.1, -0.05) is 26.0 Å². The van der Waals surface area contributed by atoms with Gasteiger partial charge >= 0.3 is 0 Å². The van der Waals surface area contributed by atoms with Crippen LogP contribution < -0.4 is 20.1 Å². The van der Waals surface area contributed by atoms with Gasteiger partial charge in [0, 0.05) is 17.4 Å². The molecule has 2 N–H and O–H groups in total. The molecule has 24 heavy (non-hydrogen) atoms. The maximum atomic E-state index is 12.3. The zero-order valence-corrected chi connectivity index (χ0v) is 14.1. The zero-order chi connectivity index (χ0) is 17.1. The standard InChI is InChI=1S/C19H22N2O3/c1-12(2)14-4-6-15(7-5-14)21-19(22)13(3)20-16-8-9-17-18(10-16)24-11-23-17/h4-10,12-13,20H,11H2,1-3H3,(H,21,22)/t13-/m0/s1. The van der Waals surface area contributed by atoms with E-state index >= 15 is 0 Å². The minimum atomic E-state index is -0.379. The van der Waals surface area contributed by atoms with E-state index < -0.39 is 0 Å². The van der Waals surface area contributed by atoms with Gasteiger partial charge in [0.2, 0.25) is 12.7 Å². The molecule has 2 aromatic rings. The van der Waals surface area contributed by atoms with Gasteiger partial charge in [-0.15, -0.1) is 0 Å². The van der Waals surface area contributed by atoms with Crippen molar-refractivity contribution in [3.8, 4) is 11.5 Å². The van der Waals surface area contributed by atoms with Gasteiger partial charge in [-0.05, 0) is 42.7 Å². The number of nitrogens with one attached hydrogen (secondary N) is 2. The molecule has 0 aromatic heterocycles. The number of hydrogen-bond acceptors (Lipinski definition) is 4. The lowest BCUT2D eigenvalue weighted by molar-refractivity contribution is -0.116. The number of hydrogen-bond donors (Lipinski definition) is 2. The molecule has 1 aliphatic rings. The van der Waals surface area contributed by atoms with Crippen LogP contribution in [0, 0.1) is 0 Å². The Hall–Kier alpha value is -2.69. The van der Waals surface area contributed by atoms with E-state index in [2.05, 4.69) is 24.5 Å². The summed E-state index contributed by atoms with van der Waals surface area (Å²) in [6, 6.07) is 13.1. The summed E-state index contributed by atoms with van der Waals surface area (Å²) >= 11 is 0. The third-order valence-electron chi connectivity index (χ3n) is 3.99. The summed E-state index contributed by atoms with van der Waals surface area (Å²) in [5.74, 6) is 1.80. The Bertz CT molecular complexity index is 726. The van der Waals surface area contributed by atoms with Crippen LogP contribution >= 0.6 is 0 Å². The quantitative estimate of drug-likeness (QED) is 0.872. The Morgan fingerprint density at radius 3 is 2.33 bits per heavy atom. The van der Waals surface area contributed by atoms with Crippen molar-refractivity contribution in [2.75, 3.05) is 17.4 Å². The average Bonchev–Trinajstić information content (AvgIpc) is 3.03. The highest BCUT2D eigenvalue weighted by molar-refractivity contribution is 5.96. The van der Waals surface area contributed by atoms with E-state index in [1.54, 1.807) is 0 Å². The molecule has 0 bridgehead atoms. The minimum Gasteiger partial charge on any atom is -0.454 e. The monoisotopic (exact) mass is 326 g/mol. The number of carbonyl (C=O) groups excluding carboxylic acids is 1. The second-order valence-corrected chi connectivity index (χ2v) is 6.20. The highest BCUT2D eigenvalue weighted by atomic mass is 16.7. The van der Waals surface area contributed by atoms with Gasteiger partial charge in [-0.25, -0.2) is 0 Å². The summed E-state index contributed by atoms with van der Waals surface area (Å²) < 4.78 is 10.6. The largest absolute Gasteiger partial charge is 0.454 e. The van der Waals surface area contributed by atoms with Gasteiger partial charge in [0.25, 0.3) is 0 Å². The number of ether oxygens (including phenoxy) is 2. The molecule has 1 aliphatic heterocycles. The van der Waals surface area contributed by atoms with E-state index in [1.807, 2.05) is 49.4 Å². The van der Waals surface area contributed by atoms with Crippen molar-refractivity contribution in [1.82, 2.24) is 0 Å². The summed E-state index contributed by atoms with van der Waals surface area (Å²) in [4.78, 5) is 12.3. The Morgan fingerprint density at radius 1 is 0.958 bits per heavy atom. The maximum Gasteiger partial charge on any atom is 0.246 e. The highest BCUT2D eigenvalue weighted by Crippen LogP contribution is 2.34. The van der Waals surface area contributed by atoms with Crippen molar-refractivity contribution in [2.24, 2.45) is 0 Å². The van der Waals surface area contributed by atoms with Crippen LogP contribution in [0.5, 0.6) is 11.5 Å². The van der Waals surface area contributed by atoms with Crippen LogP contribution in [0.4, 0.5) is 11.4 Å². The minimum absolute atomic E-state index is 0.0926. The molecular weight excluding hydrogens is 304 g/mol. The molecule has 5 heteroatoms. The molecule has 0 aliphatic carbocycles. The lowest BCUT2D eigenvalue weighted by Gasteiger charge is -2.16. The first-order valence-electron chi connectivity index (χ1n) is 8.10. The number of carbonyl (C=O) groups is 1. The Balaban J connectivity index is 1.60. The van der Waals surface area contributed by atoms with E-state index in [0.717, 1.165) is 17.1 Å². The van der Waals surface area contributed by atoms with Crippen molar-refractivity contribution in [3.05, 3.63) is 48.0 Å². The fraction of sp³-hybridized carbons (Fsp3) is 0.316. The normalized spacial score (nSPS) is 13.7. The van der Waals surface area contributed by atoms with Crippen molar-refractivity contribution in [2.45, 2.75) is 32.7 Å². The Labute approximate surface area is 142 Å². The van der Waals surface area contributed by atoms with Crippen LogP contribution in [0.25, 0.3) is 0 Å². The number of amides is 1. The molecule has 5 nitrogen and oxygen atoms in total. The molecule has 1 heterocycles. The molecule has 0 fully saturated rings. The van der Waals surface area contributed by atoms with Gasteiger partial charge in [0.15, 0.2) is 11.5 Å². The second kappa shape index (κ2) is 6.83. The molecule has 0 saturated heterocycles. The van der Waals surface area contributed by atoms with Crippen molar-refractivity contribution in [3.63, 3.8) is 0 Å². The van der Waals surface area contributed by atoms with Gasteiger partial charge in [0.05, 0.1) is 0 Å². The van der Waals surface area contributed by atoms with Crippen LogP contribution in [-0.2, 0) is 4.79 Å². The van der Waals surface area contributed by atoms with E-state index in [4.69, 9.17) is 9.47 Å². The fourth-order valence-corrected chi connectivity index (χ4v) is 2.50. The van der Waals surface area contributed by atoms with Gasteiger partial charge in [-0.2, -0.15) is 0 Å². The average molecular weight is 326 g/mol. The first-order chi connectivity index (χ1) is 11.5. The first-order valence-corrected chi connectivity index (χ1v) is 8.10. The third kappa shape index (κ3) is 3.62. The highest BCUT2D eigenvalue weighted by Gasteiger charge is 2.16. The van der Waals surface area contributed by atoms with Crippen molar-refractivity contribution in [1.29, 1.82) is 0 Å². The molecule has 0 saturated carbocycles. The molecule has 2 aromatic carbocycles. The summed E-state index contributed by atoms with van der Waals surface area (Å²) in [5, 5.41) is 6.10. The summed E-state index contributed by atoms with van der Waals surface area (Å²) in [6.45, 7) is 6.35. The lowest BCUT2D eigenvalue weighted by Crippen LogP contribution is -2.31. The van der Waals surface area contributed by atoms with Crippen LogP contribution in [-0.4, -0.2) is 18.7 Å².